The van der Waals surface area contributed by atoms with Gasteiger partial charge in [-0.05, 0) is 24.0 Å². The van der Waals surface area contributed by atoms with Gasteiger partial charge in [-0.3, -0.25) is 4.79 Å². The molecule has 0 radical (unpaired) electrons. The molecule has 1 aromatic carbocycles. The van der Waals surface area contributed by atoms with E-state index in [0.29, 0.717) is 31.0 Å². The Morgan fingerprint density at radius 3 is 2.79 bits per heavy atom. The number of nitrogen functional groups attached to an aromatic ring is 1. The van der Waals surface area contributed by atoms with Crippen molar-refractivity contribution in [3.8, 4) is 5.75 Å². The Labute approximate surface area is 115 Å². The van der Waals surface area contributed by atoms with E-state index in [2.05, 4.69) is 26.1 Å². The van der Waals surface area contributed by atoms with E-state index in [-0.39, 0.29) is 11.3 Å². The third-order valence-corrected chi connectivity index (χ3v) is 3.18. The summed E-state index contributed by atoms with van der Waals surface area (Å²) in [6.45, 7) is 7.45. The molecule has 1 amide bonds. The molecule has 1 aromatic rings. The van der Waals surface area contributed by atoms with Crippen LogP contribution in [0.15, 0.2) is 24.3 Å². The number of amides is 1. The average molecular weight is 264 g/mol. The fourth-order valence-electron chi connectivity index (χ4n) is 1.42. The van der Waals surface area contributed by atoms with Crippen molar-refractivity contribution in [2.45, 2.75) is 33.6 Å². The second-order valence-corrected chi connectivity index (χ2v) is 5.47. The van der Waals surface area contributed by atoms with E-state index in [1.54, 1.807) is 12.1 Å². The summed E-state index contributed by atoms with van der Waals surface area (Å²) in [4.78, 5) is 11.6. The molecule has 0 aliphatic carbocycles. The highest BCUT2D eigenvalue weighted by Crippen LogP contribution is 2.17. The number of carbonyl (C=O) groups is 1. The largest absolute Gasteiger partial charge is 0.493 e. The predicted octanol–water partition coefficient (Wildman–Crippen LogP) is 2.59. The summed E-state index contributed by atoms with van der Waals surface area (Å²) in [7, 11) is 0. The van der Waals surface area contributed by atoms with E-state index in [4.69, 9.17) is 10.5 Å². The van der Waals surface area contributed by atoms with Crippen molar-refractivity contribution in [3.63, 3.8) is 0 Å². The number of benzene rings is 1. The van der Waals surface area contributed by atoms with Gasteiger partial charge in [-0.2, -0.15) is 0 Å². The first-order chi connectivity index (χ1) is 8.93. The number of carbonyl (C=O) groups excluding carboxylic acids is 1. The molecule has 19 heavy (non-hydrogen) atoms. The maximum Gasteiger partial charge on any atom is 0.223 e. The lowest BCUT2D eigenvalue weighted by atomic mass is 9.90. The molecule has 106 valence electrons. The van der Waals surface area contributed by atoms with Crippen LogP contribution in [0.3, 0.4) is 0 Å². The monoisotopic (exact) mass is 264 g/mol. The van der Waals surface area contributed by atoms with Crippen LogP contribution >= 0.6 is 0 Å². The van der Waals surface area contributed by atoms with Crippen LogP contribution in [0.1, 0.15) is 33.6 Å². The summed E-state index contributed by atoms with van der Waals surface area (Å²) >= 11 is 0. The van der Waals surface area contributed by atoms with Crippen LogP contribution in [0.4, 0.5) is 5.69 Å². The number of nitrogens with one attached hydrogen (secondary N) is 1. The lowest BCUT2D eigenvalue weighted by Crippen LogP contribution is -2.34. The normalized spacial score (nSPS) is 11.1. The number of hydrogen-bond acceptors (Lipinski definition) is 3. The van der Waals surface area contributed by atoms with Gasteiger partial charge in [0.25, 0.3) is 0 Å². The van der Waals surface area contributed by atoms with Gasteiger partial charge < -0.3 is 15.8 Å². The Bertz CT molecular complexity index is 416. The van der Waals surface area contributed by atoms with E-state index >= 15 is 0 Å². The highest BCUT2D eigenvalue weighted by molar-refractivity contribution is 5.76. The number of nitrogens with two attached hydrogens (primary N) is 1. The van der Waals surface area contributed by atoms with Gasteiger partial charge in [-0.15, -0.1) is 0 Å². The molecule has 1 rings (SSSR count). The molecule has 4 heteroatoms. The molecule has 0 aliphatic heterocycles. The minimum Gasteiger partial charge on any atom is -0.493 e. The highest BCUT2D eigenvalue weighted by Gasteiger charge is 2.15. The summed E-state index contributed by atoms with van der Waals surface area (Å²) < 4.78 is 5.47. The Morgan fingerprint density at radius 2 is 2.16 bits per heavy atom. The Balaban J connectivity index is 2.24. The van der Waals surface area contributed by atoms with Crippen molar-refractivity contribution in [1.82, 2.24) is 5.32 Å². The Morgan fingerprint density at radius 1 is 1.42 bits per heavy atom. The lowest BCUT2D eigenvalue weighted by Gasteiger charge is -2.22. The van der Waals surface area contributed by atoms with Gasteiger partial charge in [0.1, 0.15) is 5.75 Å². The van der Waals surface area contributed by atoms with Crippen molar-refractivity contribution in [1.29, 1.82) is 0 Å². The molecule has 0 fully saturated rings. The van der Waals surface area contributed by atoms with Crippen LogP contribution in [0.25, 0.3) is 0 Å². The van der Waals surface area contributed by atoms with Crippen molar-refractivity contribution < 1.29 is 9.53 Å². The third kappa shape index (κ3) is 6.13. The minimum absolute atomic E-state index is 0.0189. The van der Waals surface area contributed by atoms with Crippen molar-refractivity contribution in [3.05, 3.63) is 24.3 Å². The van der Waals surface area contributed by atoms with E-state index < -0.39 is 0 Å². The van der Waals surface area contributed by atoms with Gasteiger partial charge in [0.2, 0.25) is 5.91 Å². The molecule has 0 bridgehead atoms. The topological polar surface area (TPSA) is 64.3 Å². The molecular formula is C15H24N2O2. The quantitative estimate of drug-likeness (QED) is 0.744. The van der Waals surface area contributed by atoms with E-state index in [9.17, 15) is 4.79 Å². The molecule has 0 saturated carbocycles. The van der Waals surface area contributed by atoms with Crippen molar-refractivity contribution >= 4 is 11.6 Å². The van der Waals surface area contributed by atoms with Gasteiger partial charge in [-0.25, -0.2) is 0 Å². The molecular weight excluding hydrogens is 240 g/mol. The molecule has 0 aromatic heterocycles. The molecule has 0 saturated heterocycles. The third-order valence-electron chi connectivity index (χ3n) is 3.18. The number of ether oxygens (including phenoxy) is 1. The van der Waals surface area contributed by atoms with Crippen LogP contribution in [0.5, 0.6) is 5.75 Å². The van der Waals surface area contributed by atoms with Crippen LogP contribution in [0.2, 0.25) is 0 Å². The Kier molecular flexibility index (Phi) is 5.67. The van der Waals surface area contributed by atoms with Crippen LogP contribution in [0, 0.1) is 5.41 Å². The maximum absolute atomic E-state index is 11.6. The molecule has 0 spiro atoms. The summed E-state index contributed by atoms with van der Waals surface area (Å²) in [6, 6.07) is 7.20. The van der Waals surface area contributed by atoms with E-state index in [0.717, 1.165) is 6.42 Å². The zero-order valence-corrected chi connectivity index (χ0v) is 12.0. The minimum atomic E-state index is 0.0189. The van der Waals surface area contributed by atoms with Gasteiger partial charge in [-0.1, -0.05) is 26.8 Å². The van der Waals surface area contributed by atoms with Crippen LogP contribution in [-0.4, -0.2) is 19.1 Å². The second-order valence-electron chi connectivity index (χ2n) is 5.47. The van der Waals surface area contributed by atoms with Crippen LogP contribution in [-0.2, 0) is 4.79 Å². The first-order valence-electron chi connectivity index (χ1n) is 6.68. The molecule has 0 unspecified atom stereocenters. The number of anilines is 1. The number of rotatable bonds is 7. The van der Waals surface area contributed by atoms with Gasteiger partial charge in [0.15, 0.2) is 0 Å². The zero-order valence-electron chi connectivity index (χ0n) is 12.0. The fraction of sp³-hybridized carbons (Fsp3) is 0.533. The molecule has 3 N–H and O–H groups in total. The Hall–Kier alpha value is -1.71. The highest BCUT2D eigenvalue weighted by atomic mass is 16.5. The summed E-state index contributed by atoms with van der Waals surface area (Å²) in [5, 5.41) is 2.93. The molecule has 0 atom stereocenters. The van der Waals surface area contributed by atoms with E-state index in [1.165, 1.54) is 0 Å². The standard InChI is InChI=1S/C15H24N2O2/c1-4-15(2,3)11-17-14(18)8-9-19-13-7-5-6-12(16)10-13/h5-7,10H,4,8-9,11,16H2,1-3H3,(H,17,18). The predicted molar refractivity (Wildman–Crippen MR) is 78.0 cm³/mol. The van der Waals surface area contributed by atoms with Crippen molar-refractivity contribution in [2.24, 2.45) is 5.41 Å². The SMILES string of the molecule is CCC(C)(C)CNC(=O)CCOc1cccc(N)c1. The van der Waals surface area contributed by atoms with Gasteiger partial charge in [0, 0.05) is 18.3 Å². The fourth-order valence-corrected chi connectivity index (χ4v) is 1.42. The molecule has 4 nitrogen and oxygen atoms in total. The van der Waals surface area contributed by atoms with Gasteiger partial charge in [0.05, 0.1) is 13.0 Å². The van der Waals surface area contributed by atoms with Crippen LogP contribution < -0.4 is 15.8 Å². The average Bonchev–Trinajstić information content (AvgIpc) is 2.37. The second kappa shape index (κ2) is 7.02. The molecule has 0 aliphatic rings. The lowest BCUT2D eigenvalue weighted by molar-refractivity contribution is -0.122. The first kappa shape index (κ1) is 15.3. The van der Waals surface area contributed by atoms with Crippen molar-refractivity contribution in [2.75, 3.05) is 18.9 Å². The smallest absolute Gasteiger partial charge is 0.223 e. The van der Waals surface area contributed by atoms with E-state index in [1.807, 2.05) is 12.1 Å². The van der Waals surface area contributed by atoms with Gasteiger partial charge >= 0.3 is 0 Å². The summed E-state index contributed by atoms with van der Waals surface area (Å²) in [5.74, 6) is 0.715. The zero-order chi connectivity index (χ0) is 14.3. The summed E-state index contributed by atoms with van der Waals surface area (Å²) in [6.07, 6.45) is 1.39. The maximum atomic E-state index is 11.6. The summed E-state index contributed by atoms with van der Waals surface area (Å²) in [5.41, 5.74) is 6.44. The number of hydrogen-bond donors (Lipinski definition) is 2. The molecule has 0 heterocycles. The first-order valence-corrected chi connectivity index (χ1v) is 6.68.